The van der Waals surface area contributed by atoms with E-state index in [1.165, 1.54) is 193 Å². The standard InChI is InChI=1S/C58H96O6S/c1-3-5-7-9-11-13-15-17-19-21-23-25-27-29-31-36-45-61-47-51(59)49-63-56-42-38-41-55-54(56)43-44-57(65-53-39-34-33-35-40-53)58(55)64-50-52(60)48-62-46-37-32-30-28-26-24-22-20-18-16-14-12-10-8-6-4-2/h33-35,38-44,51-52,59-60H,3-32,36-37,45-50H2,1-2H3. The smallest absolute Gasteiger partial charge is 0.141 e. The molecule has 0 spiro atoms. The summed E-state index contributed by atoms with van der Waals surface area (Å²) in [7, 11) is 0. The van der Waals surface area contributed by atoms with Gasteiger partial charge in [-0.1, -0.05) is 249 Å². The van der Waals surface area contributed by atoms with Crippen LogP contribution in [0.25, 0.3) is 10.8 Å². The van der Waals surface area contributed by atoms with Gasteiger partial charge in [0.1, 0.15) is 36.9 Å². The second-order valence-electron chi connectivity index (χ2n) is 18.8. The minimum absolute atomic E-state index is 0.126. The summed E-state index contributed by atoms with van der Waals surface area (Å²) in [6.07, 6.45) is 41.7. The first-order valence-corrected chi connectivity index (χ1v) is 28.0. The lowest BCUT2D eigenvalue weighted by Gasteiger charge is -2.19. The third-order valence-corrected chi connectivity index (χ3v) is 13.7. The first-order valence-electron chi connectivity index (χ1n) is 27.2. The first kappa shape index (κ1) is 57.0. The highest BCUT2D eigenvalue weighted by Crippen LogP contribution is 2.42. The highest BCUT2D eigenvalue weighted by Gasteiger charge is 2.17. The Morgan fingerprint density at radius 3 is 1.22 bits per heavy atom. The van der Waals surface area contributed by atoms with Crippen molar-refractivity contribution >= 4 is 22.5 Å². The molecule has 6 nitrogen and oxygen atoms in total. The van der Waals surface area contributed by atoms with Gasteiger partial charge < -0.3 is 29.2 Å². The topological polar surface area (TPSA) is 77.4 Å². The monoisotopic (exact) mass is 921 g/mol. The number of aliphatic hydroxyl groups is 2. The molecule has 0 saturated carbocycles. The number of hydrogen-bond donors (Lipinski definition) is 2. The van der Waals surface area contributed by atoms with Gasteiger partial charge in [0.2, 0.25) is 0 Å². The van der Waals surface area contributed by atoms with E-state index in [0.717, 1.165) is 33.4 Å². The van der Waals surface area contributed by atoms with E-state index in [1.807, 2.05) is 36.4 Å². The Morgan fingerprint density at radius 2 is 0.785 bits per heavy atom. The lowest BCUT2D eigenvalue weighted by Crippen LogP contribution is -2.24. The van der Waals surface area contributed by atoms with Gasteiger partial charge in [-0.2, -0.15) is 0 Å². The van der Waals surface area contributed by atoms with Crippen LogP contribution in [0.2, 0.25) is 0 Å². The zero-order valence-corrected chi connectivity index (χ0v) is 42.6. The fourth-order valence-corrected chi connectivity index (χ4v) is 9.60. The summed E-state index contributed by atoms with van der Waals surface area (Å²) >= 11 is 1.64. The normalized spacial score (nSPS) is 12.6. The average Bonchev–Trinajstić information content (AvgIpc) is 3.32. The fourth-order valence-electron chi connectivity index (χ4n) is 8.66. The summed E-state index contributed by atoms with van der Waals surface area (Å²) in [5.41, 5.74) is 0. The first-order chi connectivity index (χ1) is 32.1. The second-order valence-corrected chi connectivity index (χ2v) is 20.0. The largest absolute Gasteiger partial charge is 0.490 e. The van der Waals surface area contributed by atoms with Crippen LogP contribution >= 0.6 is 11.8 Å². The molecule has 2 atom stereocenters. The minimum atomic E-state index is -0.741. The second kappa shape index (κ2) is 40.7. The van der Waals surface area contributed by atoms with Crippen LogP contribution in [0.4, 0.5) is 0 Å². The van der Waals surface area contributed by atoms with Crippen molar-refractivity contribution in [1.82, 2.24) is 0 Å². The van der Waals surface area contributed by atoms with E-state index in [4.69, 9.17) is 18.9 Å². The summed E-state index contributed by atoms with van der Waals surface area (Å²) in [6, 6.07) is 20.3. The van der Waals surface area contributed by atoms with E-state index in [9.17, 15) is 10.2 Å². The van der Waals surface area contributed by atoms with Gasteiger partial charge in [-0.25, -0.2) is 0 Å². The Hall–Kier alpha value is -2.29. The molecular formula is C58H96O6S. The quantitative estimate of drug-likeness (QED) is 0.0547. The summed E-state index contributed by atoms with van der Waals surface area (Å²) in [5.74, 6) is 1.39. The van der Waals surface area contributed by atoms with Gasteiger partial charge in [-0.3, -0.25) is 0 Å². The number of hydrogen-bond acceptors (Lipinski definition) is 7. The van der Waals surface area contributed by atoms with Gasteiger partial charge in [-0.05, 0) is 43.2 Å². The molecule has 0 aliphatic heterocycles. The van der Waals surface area contributed by atoms with Gasteiger partial charge in [0.15, 0.2) is 0 Å². The van der Waals surface area contributed by atoms with Crippen LogP contribution in [-0.4, -0.2) is 62.1 Å². The van der Waals surface area contributed by atoms with Crippen molar-refractivity contribution in [2.75, 3.05) is 39.6 Å². The molecule has 3 rings (SSSR count). The van der Waals surface area contributed by atoms with Crippen LogP contribution in [0.5, 0.6) is 11.5 Å². The Morgan fingerprint density at radius 1 is 0.385 bits per heavy atom. The molecule has 0 aromatic heterocycles. The molecule has 0 bridgehead atoms. The summed E-state index contributed by atoms with van der Waals surface area (Å²) in [5, 5.41) is 23.4. The van der Waals surface area contributed by atoms with Crippen LogP contribution < -0.4 is 9.47 Å². The molecular weight excluding hydrogens is 825 g/mol. The number of fused-ring (bicyclic) bond motifs is 1. The van der Waals surface area contributed by atoms with Gasteiger partial charge in [0.25, 0.3) is 0 Å². The van der Waals surface area contributed by atoms with Crippen LogP contribution in [0, 0.1) is 0 Å². The molecule has 2 N–H and O–H groups in total. The van der Waals surface area contributed by atoms with Crippen molar-refractivity contribution in [2.45, 2.75) is 241 Å². The molecule has 0 aliphatic carbocycles. The lowest BCUT2D eigenvalue weighted by atomic mass is 10.0. The third kappa shape index (κ3) is 29.3. The number of rotatable bonds is 46. The summed E-state index contributed by atoms with van der Waals surface area (Å²) in [6.45, 7) is 6.68. The highest BCUT2D eigenvalue weighted by atomic mass is 32.2. The van der Waals surface area contributed by atoms with E-state index in [-0.39, 0.29) is 26.4 Å². The third-order valence-electron chi connectivity index (χ3n) is 12.7. The fraction of sp³-hybridized carbons (Fsp3) is 0.724. The Balaban J connectivity index is 1.29. The van der Waals surface area contributed by atoms with Gasteiger partial charge in [0, 0.05) is 28.9 Å². The van der Waals surface area contributed by atoms with Crippen molar-refractivity contribution in [3.8, 4) is 11.5 Å². The minimum Gasteiger partial charge on any atom is -0.490 e. The molecule has 7 heteroatoms. The van der Waals surface area contributed by atoms with E-state index in [1.54, 1.807) is 11.8 Å². The Bertz CT molecular complexity index is 1500. The Labute approximate surface area is 403 Å². The van der Waals surface area contributed by atoms with Gasteiger partial charge in [0.05, 0.1) is 18.1 Å². The van der Waals surface area contributed by atoms with Crippen LogP contribution in [0.3, 0.4) is 0 Å². The summed E-state index contributed by atoms with van der Waals surface area (Å²) in [4.78, 5) is 2.07. The molecule has 3 aromatic rings. The van der Waals surface area contributed by atoms with Crippen molar-refractivity contribution in [3.63, 3.8) is 0 Å². The number of ether oxygens (including phenoxy) is 4. The van der Waals surface area contributed by atoms with E-state index >= 15 is 0 Å². The summed E-state index contributed by atoms with van der Waals surface area (Å²) < 4.78 is 24.3. The molecule has 0 saturated heterocycles. The predicted octanol–water partition coefficient (Wildman–Crippen LogP) is 17.0. The number of unbranched alkanes of at least 4 members (excludes halogenated alkanes) is 30. The van der Waals surface area contributed by atoms with Gasteiger partial charge in [-0.15, -0.1) is 0 Å². The molecule has 370 valence electrons. The van der Waals surface area contributed by atoms with E-state index in [2.05, 4.69) is 38.1 Å². The van der Waals surface area contributed by atoms with Crippen LogP contribution in [-0.2, 0) is 9.47 Å². The van der Waals surface area contributed by atoms with Crippen LogP contribution in [0.1, 0.15) is 219 Å². The lowest BCUT2D eigenvalue weighted by molar-refractivity contribution is 0.0106. The van der Waals surface area contributed by atoms with E-state index in [0.29, 0.717) is 24.7 Å². The highest BCUT2D eigenvalue weighted by molar-refractivity contribution is 7.99. The molecule has 65 heavy (non-hydrogen) atoms. The number of aliphatic hydroxyl groups excluding tert-OH is 2. The molecule has 0 aliphatic rings. The Kier molecular flexibility index (Phi) is 35.8. The molecule has 3 aromatic carbocycles. The molecule has 0 amide bonds. The molecule has 2 unspecified atom stereocenters. The molecule has 0 heterocycles. The molecule has 0 fully saturated rings. The van der Waals surface area contributed by atoms with Crippen molar-refractivity contribution in [3.05, 3.63) is 60.7 Å². The predicted molar refractivity (Wildman–Crippen MR) is 278 cm³/mol. The maximum absolute atomic E-state index is 10.9. The van der Waals surface area contributed by atoms with Crippen molar-refractivity contribution in [2.24, 2.45) is 0 Å². The van der Waals surface area contributed by atoms with Crippen LogP contribution in [0.15, 0.2) is 70.5 Å². The molecule has 0 radical (unpaired) electrons. The maximum Gasteiger partial charge on any atom is 0.141 e. The maximum atomic E-state index is 10.9. The van der Waals surface area contributed by atoms with Gasteiger partial charge >= 0.3 is 0 Å². The number of benzene rings is 3. The van der Waals surface area contributed by atoms with Crippen molar-refractivity contribution < 1.29 is 29.2 Å². The van der Waals surface area contributed by atoms with E-state index < -0.39 is 12.2 Å². The van der Waals surface area contributed by atoms with Crippen molar-refractivity contribution in [1.29, 1.82) is 0 Å². The average molecular weight is 921 g/mol. The SMILES string of the molecule is CCCCCCCCCCCCCCCCCCOCC(O)COc1cccc2c(OCC(O)COCCCCCCCCCCCCCCCCCC)c(Sc3ccccc3)ccc12. The zero-order valence-electron chi connectivity index (χ0n) is 41.7. The zero-order chi connectivity index (χ0) is 46.1.